The number of hydrogen-bond donors (Lipinski definition) is 0. The maximum atomic E-state index is 2.51. The number of rotatable bonds is 1. The van der Waals surface area contributed by atoms with Crippen molar-refractivity contribution < 1.29 is 0 Å². The molecule has 1 aromatic carbocycles. The van der Waals surface area contributed by atoms with Crippen molar-refractivity contribution in [2.75, 3.05) is 12.3 Å². The highest BCUT2D eigenvalue weighted by Gasteiger charge is 2.27. The van der Waals surface area contributed by atoms with Crippen LogP contribution < -0.4 is 5.30 Å². The summed E-state index contributed by atoms with van der Waals surface area (Å²) in [5.74, 6) is 0. The van der Waals surface area contributed by atoms with E-state index in [4.69, 9.17) is 0 Å². The predicted octanol–water partition coefficient (Wildman–Crippen LogP) is 1.67. The summed E-state index contributed by atoms with van der Waals surface area (Å²) < 4.78 is 0. The van der Waals surface area contributed by atoms with Gasteiger partial charge in [0.05, 0.1) is 0 Å². The van der Waals surface area contributed by atoms with E-state index >= 15 is 0 Å². The molecule has 2 heteroatoms. The third kappa shape index (κ3) is 1.43. The van der Waals surface area contributed by atoms with Crippen LogP contribution in [0.25, 0.3) is 0 Å². The average Bonchev–Trinajstić information content (AvgIpc) is 2.55. The quantitative estimate of drug-likeness (QED) is 0.452. The molecule has 0 amide bonds. The zero-order valence-electron chi connectivity index (χ0n) is 7.66. The van der Waals surface area contributed by atoms with Gasteiger partial charge in [-0.1, -0.05) is 30.3 Å². The van der Waals surface area contributed by atoms with Gasteiger partial charge in [0.25, 0.3) is 0 Å². The van der Waals surface area contributed by atoms with Crippen molar-refractivity contribution in [2.24, 2.45) is 0 Å². The van der Waals surface area contributed by atoms with Crippen molar-refractivity contribution in [3.8, 4) is 0 Å². The molecule has 0 aliphatic carbocycles. The fourth-order valence-corrected chi connectivity index (χ4v) is 5.55. The van der Waals surface area contributed by atoms with E-state index in [1.165, 1.54) is 25.2 Å². The highest BCUT2D eigenvalue weighted by atomic mass is 31.2. The molecule has 1 aromatic rings. The first-order chi connectivity index (χ1) is 5.81. The molecule has 1 saturated heterocycles. The van der Waals surface area contributed by atoms with Crippen LogP contribution in [0.4, 0.5) is 0 Å². The van der Waals surface area contributed by atoms with Crippen molar-refractivity contribution in [3.05, 3.63) is 30.3 Å². The summed E-state index contributed by atoms with van der Waals surface area (Å²) in [4.78, 5) is 0. The molecule has 1 aliphatic heterocycles. The van der Waals surface area contributed by atoms with Crippen molar-refractivity contribution in [3.63, 3.8) is 0 Å². The van der Waals surface area contributed by atoms with Crippen molar-refractivity contribution in [1.29, 1.82) is 0 Å². The lowest BCUT2D eigenvalue weighted by molar-refractivity contribution is 0.949. The largest absolute Gasteiger partial charge is 0.135 e. The Morgan fingerprint density at radius 3 is 2.17 bits per heavy atom. The monoisotopic (exact) mass is 177 g/mol. The van der Waals surface area contributed by atoms with E-state index in [1.807, 2.05) is 0 Å². The van der Waals surface area contributed by atoms with Crippen LogP contribution in [0.15, 0.2) is 30.3 Å². The van der Waals surface area contributed by atoms with Gasteiger partial charge in [-0.25, -0.2) is 0 Å². The van der Waals surface area contributed by atoms with Gasteiger partial charge in [-0.05, 0) is 30.5 Å². The van der Waals surface area contributed by atoms with Crippen LogP contribution in [0, 0.1) is 0 Å². The molecule has 0 bridgehead atoms. The zero-order chi connectivity index (χ0) is 8.44. The Labute approximate surface area is 76.1 Å². The molecular formula is C10H15BP. The van der Waals surface area contributed by atoms with Gasteiger partial charge < -0.3 is 0 Å². The normalized spacial score (nSPS) is 21.0. The minimum Gasteiger partial charge on any atom is -0.132 e. The second-order valence-electron chi connectivity index (χ2n) is 3.89. The van der Waals surface area contributed by atoms with E-state index in [2.05, 4.69) is 37.9 Å². The summed E-state index contributed by atoms with van der Waals surface area (Å²) in [6.45, 7) is 0. The van der Waals surface area contributed by atoms with Gasteiger partial charge >= 0.3 is 0 Å². The van der Waals surface area contributed by atoms with Gasteiger partial charge in [-0.15, -0.1) is 7.14 Å². The first-order valence-corrected chi connectivity index (χ1v) is 7.32. The Morgan fingerprint density at radius 1 is 1.00 bits per heavy atom. The molecule has 0 aromatic heterocycles. The van der Waals surface area contributed by atoms with Crippen molar-refractivity contribution >= 4 is 20.0 Å². The van der Waals surface area contributed by atoms with Gasteiger partial charge in [0, 0.05) is 0 Å². The summed E-state index contributed by atoms with van der Waals surface area (Å²) in [5.41, 5.74) is 0. The molecule has 0 saturated carbocycles. The minimum atomic E-state index is -0.672. The van der Waals surface area contributed by atoms with Gasteiger partial charge in [0.15, 0.2) is 0 Å². The molecule has 1 fully saturated rings. The smallest absolute Gasteiger partial charge is 0.132 e. The average molecular weight is 177 g/mol. The standard InChI is InChI=1S/C10H15BP/c11-12(8-4-5-9-12)10-6-2-1-3-7-10/h1-3,6-7H,4-5,8-9,11H2. The van der Waals surface area contributed by atoms with Crippen LogP contribution in [-0.2, 0) is 0 Å². The number of hydrogen-bond acceptors (Lipinski definition) is 0. The van der Waals surface area contributed by atoms with E-state index in [9.17, 15) is 0 Å². The zero-order valence-corrected chi connectivity index (χ0v) is 8.56. The maximum absolute atomic E-state index is 2.51. The van der Waals surface area contributed by atoms with Crippen LogP contribution >= 0.6 is 7.14 Å². The summed E-state index contributed by atoms with van der Waals surface area (Å²) in [7, 11) is 1.84. The third-order valence-electron chi connectivity index (χ3n) is 2.93. The Balaban J connectivity index is 2.29. The van der Waals surface area contributed by atoms with E-state index in [1.54, 1.807) is 5.30 Å². The fraction of sp³-hybridized carbons (Fsp3) is 0.400. The van der Waals surface area contributed by atoms with E-state index in [-0.39, 0.29) is 0 Å². The SMILES string of the molecule is B[P]1(c2ccccc2)CCCC1. The lowest BCUT2D eigenvalue weighted by Gasteiger charge is -2.26. The second kappa shape index (κ2) is 3.22. The summed E-state index contributed by atoms with van der Waals surface area (Å²) in [6.07, 6.45) is 5.88. The predicted molar refractivity (Wildman–Crippen MR) is 60.5 cm³/mol. The molecule has 1 aliphatic rings. The molecule has 63 valence electrons. The lowest BCUT2D eigenvalue weighted by atomic mass is 10.4. The number of benzene rings is 1. The molecular weight excluding hydrogens is 162 g/mol. The van der Waals surface area contributed by atoms with Gasteiger partial charge in [0.1, 0.15) is 7.57 Å². The molecule has 0 unspecified atom stereocenters. The second-order valence-corrected chi connectivity index (χ2v) is 8.09. The van der Waals surface area contributed by atoms with Crippen LogP contribution in [0.1, 0.15) is 12.8 Å². The van der Waals surface area contributed by atoms with E-state index < -0.39 is 7.14 Å². The maximum Gasteiger partial charge on any atom is 0.135 e. The van der Waals surface area contributed by atoms with Crippen molar-refractivity contribution in [2.45, 2.75) is 12.8 Å². The minimum absolute atomic E-state index is 0.672. The van der Waals surface area contributed by atoms with Gasteiger partial charge in [-0.2, -0.15) is 0 Å². The molecule has 0 nitrogen and oxygen atoms in total. The Kier molecular flexibility index (Phi) is 2.23. The molecule has 2 rings (SSSR count). The lowest BCUT2D eigenvalue weighted by Crippen LogP contribution is -2.12. The molecule has 0 atom stereocenters. The molecule has 1 radical (unpaired) electrons. The molecule has 0 spiro atoms. The summed E-state index contributed by atoms with van der Waals surface area (Å²) in [5, 5.41) is 1.64. The Morgan fingerprint density at radius 2 is 1.58 bits per heavy atom. The van der Waals surface area contributed by atoms with Gasteiger partial charge in [-0.3, -0.25) is 0 Å². The molecule has 0 N–H and O–H groups in total. The first-order valence-electron chi connectivity index (χ1n) is 4.71. The van der Waals surface area contributed by atoms with Crippen LogP contribution in [0.3, 0.4) is 0 Å². The summed E-state index contributed by atoms with van der Waals surface area (Å²) in [6, 6.07) is 11.1. The Bertz CT molecular complexity index is 252. The van der Waals surface area contributed by atoms with Gasteiger partial charge in [0.2, 0.25) is 0 Å². The molecule has 1 heterocycles. The van der Waals surface area contributed by atoms with Crippen molar-refractivity contribution in [1.82, 2.24) is 0 Å². The van der Waals surface area contributed by atoms with Crippen LogP contribution in [-0.4, -0.2) is 19.9 Å². The highest BCUT2D eigenvalue weighted by molar-refractivity contribution is 8.03. The summed E-state index contributed by atoms with van der Waals surface area (Å²) >= 11 is 0. The van der Waals surface area contributed by atoms with Crippen LogP contribution in [0.2, 0.25) is 0 Å². The first kappa shape index (κ1) is 8.32. The van der Waals surface area contributed by atoms with E-state index in [0.29, 0.717) is 0 Å². The highest BCUT2D eigenvalue weighted by Crippen LogP contribution is 2.57. The molecule has 12 heavy (non-hydrogen) atoms. The fourth-order valence-electron chi connectivity index (χ4n) is 2.08. The Hall–Kier alpha value is -0.285. The third-order valence-corrected chi connectivity index (χ3v) is 7.08. The van der Waals surface area contributed by atoms with E-state index in [0.717, 1.165) is 0 Å². The van der Waals surface area contributed by atoms with Crippen LogP contribution in [0.5, 0.6) is 0 Å². The topological polar surface area (TPSA) is 0 Å².